The summed E-state index contributed by atoms with van der Waals surface area (Å²) in [5.74, 6) is 0.403. The Morgan fingerprint density at radius 2 is 1.94 bits per heavy atom. The highest BCUT2D eigenvalue weighted by Crippen LogP contribution is 2.34. The molecule has 0 spiro atoms. The second-order valence-electron chi connectivity index (χ2n) is 8.29. The number of aryl methyl sites for hydroxylation is 1. The summed E-state index contributed by atoms with van der Waals surface area (Å²) in [6, 6.07) is 3.72. The zero-order chi connectivity index (χ0) is 23.0. The first kappa shape index (κ1) is 22.9. The van der Waals surface area contributed by atoms with E-state index in [0.717, 1.165) is 18.7 Å². The van der Waals surface area contributed by atoms with E-state index < -0.39 is 0 Å². The monoisotopic (exact) mass is 473 g/mol. The molecule has 4 rings (SSSR count). The molecule has 1 N–H and O–H groups in total. The molecule has 2 aliphatic rings. The Hall–Kier alpha value is -2.27. The second-order valence-corrected chi connectivity index (χ2v) is 9.96. The number of nitrogens with zero attached hydrogens (tertiary/aromatic N) is 5. The summed E-state index contributed by atoms with van der Waals surface area (Å²) in [7, 11) is 0. The number of piperazine rings is 1. The maximum atomic E-state index is 13.5. The van der Waals surface area contributed by atoms with Gasteiger partial charge in [0.25, 0.3) is 11.5 Å². The Balaban J connectivity index is 1.81. The van der Waals surface area contributed by atoms with E-state index in [2.05, 4.69) is 9.80 Å². The quantitative estimate of drug-likeness (QED) is 0.520. The summed E-state index contributed by atoms with van der Waals surface area (Å²) in [6.07, 6.45) is 3.42. The van der Waals surface area contributed by atoms with E-state index in [1.807, 2.05) is 32.9 Å². The second kappa shape index (κ2) is 9.30. The topological polar surface area (TPSA) is 81.4 Å². The number of aliphatic hydroxyl groups is 1. The summed E-state index contributed by atoms with van der Waals surface area (Å²) >= 11 is 6.62. The van der Waals surface area contributed by atoms with Crippen molar-refractivity contribution in [1.82, 2.24) is 19.2 Å². The van der Waals surface area contributed by atoms with Gasteiger partial charge in [0.05, 0.1) is 17.1 Å². The number of hydrogen-bond donors (Lipinski definition) is 1. The molecule has 32 heavy (non-hydrogen) atoms. The normalized spacial score (nSPS) is 19.2. The van der Waals surface area contributed by atoms with Crippen LogP contribution in [0.3, 0.4) is 0 Å². The number of amides is 1. The highest BCUT2D eigenvalue weighted by molar-refractivity contribution is 8.26. The number of β-amino-alcohol motifs (C(OH)–C–C–N with tert-alkyl or cyclic N) is 1. The fraction of sp³-hybridized carbons (Fsp3) is 0.455. The zero-order valence-corrected chi connectivity index (χ0v) is 20.1. The molecule has 2 saturated heterocycles. The zero-order valence-electron chi connectivity index (χ0n) is 18.4. The Morgan fingerprint density at radius 3 is 2.56 bits per heavy atom. The molecule has 2 fully saturated rings. The number of anilines is 1. The molecule has 0 radical (unpaired) electrons. The van der Waals surface area contributed by atoms with Crippen LogP contribution in [0.2, 0.25) is 0 Å². The molecule has 2 aliphatic heterocycles. The summed E-state index contributed by atoms with van der Waals surface area (Å²) in [5, 5.41) is 9.22. The molecular weight excluding hydrogens is 446 g/mol. The van der Waals surface area contributed by atoms with Gasteiger partial charge in [-0.3, -0.25) is 23.8 Å². The van der Waals surface area contributed by atoms with Crippen LogP contribution in [0.1, 0.15) is 25.0 Å². The Labute approximate surface area is 196 Å². The van der Waals surface area contributed by atoms with Crippen LogP contribution in [0, 0.1) is 6.92 Å². The van der Waals surface area contributed by atoms with Gasteiger partial charge < -0.3 is 10.0 Å². The number of hydrogen-bond acceptors (Lipinski definition) is 8. The maximum absolute atomic E-state index is 13.5. The summed E-state index contributed by atoms with van der Waals surface area (Å²) in [5.41, 5.74) is 1.71. The van der Waals surface area contributed by atoms with Gasteiger partial charge >= 0.3 is 0 Å². The molecule has 4 heterocycles. The van der Waals surface area contributed by atoms with Gasteiger partial charge in [0.15, 0.2) is 0 Å². The van der Waals surface area contributed by atoms with Gasteiger partial charge in [0, 0.05) is 45.0 Å². The van der Waals surface area contributed by atoms with Crippen molar-refractivity contribution in [3.05, 3.63) is 44.7 Å². The predicted octanol–water partition coefficient (Wildman–Crippen LogP) is 1.73. The molecule has 2 aromatic heterocycles. The van der Waals surface area contributed by atoms with E-state index in [1.165, 1.54) is 16.2 Å². The lowest BCUT2D eigenvalue weighted by atomic mass is 10.2. The van der Waals surface area contributed by atoms with Crippen LogP contribution >= 0.6 is 24.0 Å². The molecule has 0 aliphatic carbocycles. The van der Waals surface area contributed by atoms with Crippen LogP contribution in [-0.4, -0.2) is 79.9 Å². The van der Waals surface area contributed by atoms with Crippen LogP contribution in [-0.2, 0) is 4.79 Å². The molecule has 170 valence electrons. The Bertz CT molecular complexity index is 1150. The lowest BCUT2D eigenvalue weighted by molar-refractivity contribution is -0.123. The molecule has 0 aromatic carbocycles. The first-order valence-corrected chi connectivity index (χ1v) is 11.9. The lowest BCUT2D eigenvalue weighted by Gasteiger charge is -2.35. The first-order valence-electron chi connectivity index (χ1n) is 10.7. The van der Waals surface area contributed by atoms with Crippen molar-refractivity contribution in [3.63, 3.8) is 0 Å². The maximum Gasteiger partial charge on any atom is 0.267 e. The summed E-state index contributed by atoms with van der Waals surface area (Å²) < 4.78 is 2.04. The summed E-state index contributed by atoms with van der Waals surface area (Å²) in [6.45, 7) is 9.41. The number of aliphatic hydroxyl groups excluding tert-OH is 1. The van der Waals surface area contributed by atoms with Gasteiger partial charge in [-0.1, -0.05) is 30.0 Å². The van der Waals surface area contributed by atoms with Gasteiger partial charge in [-0.05, 0) is 38.5 Å². The molecule has 1 amide bonds. The molecule has 2 aromatic rings. The minimum atomic E-state index is -0.207. The number of thiocarbonyl (C=S) groups is 1. The van der Waals surface area contributed by atoms with Crippen LogP contribution in [0.4, 0.5) is 5.82 Å². The Morgan fingerprint density at radius 1 is 1.22 bits per heavy atom. The number of carbonyl (C=O) groups is 1. The number of thioether (sulfide) groups is 1. The highest BCUT2D eigenvalue weighted by Gasteiger charge is 2.34. The van der Waals surface area contributed by atoms with E-state index in [9.17, 15) is 14.7 Å². The van der Waals surface area contributed by atoms with Gasteiger partial charge in [0.2, 0.25) is 0 Å². The molecule has 0 atom stereocenters. The van der Waals surface area contributed by atoms with E-state index in [0.29, 0.717) is 45.9 Å². The first-order chi connectivity index (χ1) is 15.3. The summed E-state index contributed by atoms with van der Waals surface area (Å²) in [4.78, 5) is 37.6. The van der Waals surface area contributed by atoms with Crippen molar-refractivity contribution in [3.8, 4) is 0 Å². The molecule has 0 unspecified atom stereocenters. The van der Waals surface area contributed by atoms with Gasteiger partial charge in [0.1, 0.15) is 15.8 Å². The smallest absolute Gasteiger partial charge is 0.267 e. The van der Waals surface area contributed by atoms with E-state index >= 15 is 0 Å². The molecule has 10 heteroatoms. The predicted molar refractivity (Wildman–Crippen MR) is 132 cm³/mol. The van der Waals surface area contributed by atoms with Crippen LogP contribution in [0.5, 0.6) is 0 Å². The van der Waals surface area contributed by atoms with E-state index in [1.54, 1.807) is 17.2 Å². The molecular formula is C22H27N5O3S2. The van der Waals surface area contributed by atoms with Crippen molar-refractivity contribution < 1.29 is 9.90 Å². The minimum absolute atomic E-state index is 0.0500. The highest BCUT2D eigenvalue weighted by atomic mass is 32.2. The van der Waals surface area contributed by atoms with Gasteiger partial charge in [-0.2, -0.15) is 0 Å². The van der Waals surface area contributed by atoms with Crippen molar-refractivity contribution in [2.75, 3.05) is 44.2 Å². The van der Waals surface area contributed by atoms with Gasteiger partial charge in [-0.15, -0.1) is 0 Å². The number of fused-ring (bicyclic) bond motifs is 1. The average Bonchev–Trinajstić information content (AvgIpc) is 3.04. The van der Waals surface area contributed by atoms with Crippen molar-refractivity contribution in [2.24, 2.45) is 0 Å². The van der Waals surface area contributed by atoms with Crippen LogP contribution in [0.15, 0.2) is 28.0 Å². The average molecular weight is 474 g/mol. The van der Waals surface area contributed by atoms with Crippen molar-refractivity contribution >= 4 is 51.7 Å². The van der Waals surface area contributed by atoms with Gasteiger partial charge in [-0.25, -0.2) is 4.98 Å². The molecule has 8 nitrogen and oxygen atoms in total. The third-order valence-corrected chi connectivity index (χ3v) is 7.02. The Kier molecular flexibility index (Phi) is 6.66. The van der Waals surface area contributed by atoms with Crippen molar-refractivity contribution in [1.29, 1.82) is 0 Å². The van der Waals surface area contributed by atoms with Crippen LogP contribution < -0.4 is 10.5 Å². The molecule has 0 saturated carbocycles. The number of aromatic nitrogens is 2. The standard InChI is InChI=1S/C22H27N5O3S2/c1-14(2)27-21(30)17(32-22(27)31)12-16-19(25-8-6-24(7-9-25)10-11-28)23-18-5-4-15(3)13-26(18)20(16)29/h4-5,12-14,28H,6-11H2,1-3H3/b17-12+. The number of pyridine rings is 1. The minimum Gasteiger partial charge on any atom is -0.395 e. The fourth-order valence-electron chi connectivity index (χ4n) is 4.00. The van der Waals surface area contributed by atoms with Crippen LogP contribution in [0.25, 0.3) is 11.7 Å². The van der Waals surface area contributed by atoms with E-state index in [-0.39, 0.29) is 24.1 Å². The SMILES string of the molecule is Cc1ccc2nc(N3CCN(CCO)CC3)c(/C=C3/SC(=S)N(C(C)C)C3=O)c(=O)n2c1. The third-order valence-electron chi connectivity index (χ3n) is 5.69. The fourth-order valence-corrected chi connectivity index (χ4v) is 5.50. The number of carbonyl (C=O) groups excluding carboxylic acids is 1. The van der Waals surface area contributed by atoms with E-state index in [4.69, 9.17) is 17.2 Å². The largest absolute Gasteiger partial charge is 0.395 e. The number of rotatable bonds is 5. The third kappa shape index (κ3) is 4.32. The lowest BCUT2D eigenvalue weighted by Crippen LogP contribution is -2.48. The molecule has 0 bridgehead atoms. The van der Waals surface area contributed by atoms with Crippen molar-refractivity contribution in [2.45, 2.75) is 26.8 Å².